The van der Waals surface area contributed by atoms with E-state index in [9.17, 15) is 14.9 Å². The number of nitrogens with one attached hydrogen (secondary N) is 1. The molecule has 1 aromatic carbocycles. The molecule has 1 aliphatic heterocycles. The van der Waals surface area contributed by atoms with Gasteiger partial charge in [0, 0.05) is 12.7 Å². The Kier molecular flexibility index (Phi) is 3.42. The molecule has 0 bridgehead atoms. The molecule has 0 aliphatic carbocycles. The van der Waals surface area contributed by atoms with Crippen LogP contribution in [0.25, 0.3) is 0 Å². The topological polar surface area (TPSA) is 102 Å². The van der Waals surface area contributed by atoms with Crippen molar-refractivity contribution in [3.8, 4) is 0 Å². The molecule has 7 heteroatoms. The number of carboxylic acid groups (broad SMARTS) is 1. The average molecular weight is 252 g/mol. The van der Waals surface area contributed by atoms with Crippen molar-refractivity contribution in [3.05, 3.63) is 33.9 Å². The van der Waals surface area contributed by atoms with Crippen LogP contribution >= 0.6 is 0 Å². The molecule has 0 amide bonds. The van der Waals surface area contributed by atoms with Gasteiger partial charge in [-0.2, -0.15) is 0 Å². The molecule has 1 saturated heterocycles. The van der Waals surface area contributed by atoms with Gasteiger partial charge in [-0.05, 0) is 18.6 Å². The third-order valence-corrected chi connectivity index (χ3v) is 2.73. The monoisotopic (exact) mass is 252 g/mol. The molecule has 7 nitrogen and oxygen atoms in total. The van der Waals surface area contributed by atoms with Crippen LogP contribution in [0.3, 0.4) is 0 Å². The second-order valence-corrected chi connectivity index (χ2v) is 4.00. The highest BCUT2D eigenvalue weighted by molar-refractivity contribution is 5.89. The van der Waals surface area contributed by atoms with E-state index in [2.05, 4.69) is 5.32 Å². The molecular formula is C11H12N2O5. The summed E-state index contributed by atoms with van der Waals surface area (Å²) in [5, 5.41) is 22.7. The van der Waals surface area contributed by atoms with Crippen molar-refractivity contribution >= 4 is 17.3 Å². The lowest BCUT2D eigenvalue weighted by Crippen LogP contribution is -2.19. The maximum Gasteiger partial charge on any atom is 0.335 e. The molecule has 96 valence electrons. The Morgan fingerprint density at radius 3 is 2.89 bits per heavy atom. The minimum absolute atomic E-state index is 0.0272. The third-order valence-electron chi connectivity index (χ3n) is 2.73. The Balaban J connectivity index is 2.28. The summed E-state index contributed by atoms with van der Waals surface area (Å²) in [5.41, 5.74) is -0.0165. The lowest BCUT2D eigenvalue weighted by atomic mass is 10.1. The highest BCUT2D eigenvalue weighted by Gasteiger charge is 2.21. The molecule has 2 rings (SSSR count). The zero-order valence-corrected chi connectivity index (χ0v) is 9.46. The number of anilines is 1. The number of carbonyl (C=O) groups is 1. The van der Waals surface area contributed by atoms with Gasteiger partial charge in [0.05, 0.1) is 23.1 Å². The number of ether oxygens (including phenoxy) is 1. The summed E-state index contributed by atoms with van der Waals surface area (Å²) in [4.78, 5) is 21.1. The van der Waals surface area contributed by atoms with Crippen LogP contribution in [-0.2, 0) is 4.74 Å². The summed E-state index contributed by atoms with van der Waals surface area (Å²) in [6, 6.07) is 3.84. The lowest BCUT2D eigenvalue weighted by molar-refractivity contribution is -0.384. The van der Waals surface area contributed by atoms with E-state index in [1.807, 2.05) is 0 Å². The second kappa shape index (κ2) is 5.01. The number of carboxylic acids is 1. The van der Waals surface area contributed by atoms with Crippen LogP contribution in [0, 0.1) is 10.1 Å². The Hall–Kier alpha value is -2.15. The minimum atomic E-state index is -1.19. The number of nitrogens with zero attached hydrogens (tertiary/aromatic N) is 1. The van der Waals surface area contributed by atoms with Crippen LogP contribution < -0.4 is 5.32 Å². The summed E-state index contributed by atoms with van der Waals surface area (Å²) in [6.07, 6.45) is 0.776. The first-order valence-corrected chi connectivity index (χ1v) is 5.44. The average Bonchev–Trinajstić information content (AvgIpc) is 2.81. The van der Waals surface area contributed by atoms with Crippen molar-refractivity contribution in [3.63, 3.8) is 0 Å². The summed E-state index contributed by atoms with van der Waals surface area (Å²) in [5.74, 6) is -1.19. The van der Waals surface area contributed by atoms with Crippen LogP contribution in [0.5, 0.6) is 0 Å². The normalized spacial score (nSPS) is 18.6. The van der Waals surface area contributed by atoms with Gasteiger partial charge in [-0.3, -0.25) is 10.1 Å². The van der Waals surface area contributed by atoms with Gasteiger partial charge in [0.15, 0.2) is 0 Å². The van der Waals surface area contributed by atoms with Gasteiger partial charge in [-0.1, -0.05) is 0 Å². The predicted octanol–water partition coefficient (Wildman–Crippen LogP) is 1.49. The van der Waals surface area contributed by atoms with Crippen molar-refractivity contribution < 1.29 is 19.6 Å². The van der Waals surface area contributed by atoms with E-state index in [0.29, 0.717) is 18.9 Å². The SMILES string of the molecule is O=C(O)c1ccc(NC2CCOC2)c([N+](=O)[O-])c1. The molecule has 2 N–H and O–H groups in total. The third kappa shape index (κ3) is 2.57. The molecule has 18 heavy (non-hydrogen) atoms. The number of hydrogen-bond acceptors (Lipinski definition) is 5. The molecule has 1 heterocycles. The van der Waals surface area contributed by atoms with E-state index in [4.69, 9.17) is 9.84 Å². The molecule has 1 fully saturated rings. The highest BCUT2D eigenvalue weighted by Crippen LogP contribution is 2.27. The quantitative estimate of drug-likeness (QED) is 0.621. The Morgan fingerprint density at radius 1 is 1.56 bits per heavy atom. The summed E-state index contributed by atoms with van der Waals surface area (Å²) < 4.78 is 5.17. The maximum atomic E-state index is 10.9. The summed E-state index contributed by atoms with van der Waals surface area (Å²) in [6.45, 7) is 1.12. The summed E-state index contributed by atoms with van der Waals surface area (Å²) >= 11 is 0. The number of nitro groups is 1. The number of benzene rings is 1. The van der Waals surface area contributed by atoms with Crippen LogP contribution in [0.15, 0.2) is 18.2 Å². The maximum absolute atomic E-state index is 10.9. The first-order valence-electron chi connectivity index (χ1n) is 5.44. The van der Waals surface area contributed by atoms with E-state index in [0.717, 1.165) is 12.5 Å². The zero-order valence-electron chi connectivity index (χ0n) is 9.46. The van der Waals surface area contributed by atoms with Crippen LogP contribution in [-0.4, -0.2) is 35.3 Å². The van der Waals surface area contributed by atoms with E-state index < -0.39 is 10.9 Å². The van der Waals surface area contributed by atoms with E-state index in [1.54, 1.807) is 0 Å². The molecular weight excluding hydrogens is 240 g/mol. The van der Waals surface area contributed by atoms with Gasteiger partial charge >= 0.3 is 5.97 Å². The molecule has 0 radical (unpaired) electrons. The number of hydrogen-bond donors (Lipinski definition) is 2. The predicted molar refractivity (Wildman–Crippen MR) is 62.9 cm³/mol. The first kappa shape index (κ1) is 12.3. The van der Waals surface area contributed by atoms with Gasteiger partial charge in [0.25, 0.3) is 5.69 Å². The number of aromatic carboxylic acids is 1. The van der Waals surface area contributed by atoms with Crippen molar-refractivity contribution in [1.82, 2.24) is 0 Å². The largest absolute Gasteiger partial charge is 0.478 e. The van der Waals surface area contributed by atoms with Crippen LogP contribution in [0.1, 0.15) is 16.8 Å². The van der Waals surface area contributed by atoms with Crippen LogP contribution in [0.2, 0.25) is 0 Å². The Labute approximate surface area is 103 Å². The molecule has 1 aliphatic rings. The second-order valence-electron chi connectivity index (χ2n) is 4.00. The van der Waals surface area contributed by atoms with Crippen molar-refractivity contribution in [1.29, 1.82) is 0 Å². The van der Waals surface area contributed by atoms with Crippen molar-refractivity contribution in [2.45, 2.75) is 12.5 Å². The van der Waals surface area contributed by atoms with Crippen LogP contribution in [0.4, 0.5) is 11.4 Å². The number of rotatable bonds is 4. The van der Waals surface area contributed by atoms with Crippen molar-refractivity contribution in [2.75, 3.05) is 18.5 Å². The van der Waals surface area contributed by atoms with Crippen molar-refractivity contribution in [2.24, 2.45) is 0 Å². The fourth-order valence-electron chi connectivity index (χ4n) is 1.81. The van der Waals surface area contributed by atoms with E-state index in [1.165, 1.54) is 12.1 Å². The molecule has 0 aromatic heterocycles. The molecule has 1 atom stereocenters. The van der Waals surface area contributed by atoms with Gasteiger partial charge in [-0.25, -0.2) is 4.79 Å². The Bertz CT molecular complexity index is 482. The van der Waals surface area contributed by atoms with Gasteiger partial charge in [0.2, 0.25) is 0 Å². The summed E-state index contributed by atoms with van der Waals surface area (Å²) in [7, 11) is 0. The molecule has 0 spiro atoms. The zero-order chi connectivity index (χ0) is 13.1. The van der Waals surface area contributed by atoms with E-state index >= 15 is 0 Å². The standard InChI is InChI=1S/C11H12N2O5/c14-11(15)7-1-2-9(10(5-7)13(16)17)12-8-3-4-18-6-8/h1-2,5,8,12H,3-4,6H2,(H,14,15). The van der Waals surface area contributed by atoms with E-state index in [-0.39, 0.29) is 17.3 Å². The van der Waals surface area contributed by atoms with Gasteiger partial charge in [0.1, 0.15) is 5.69 Å². The number of nitro benzene ring substituents is 1. The lowest BCUT2D eigenvalue weighted by Gasteiger charge is -2.12. The smallest absolute Gasteiger partial charge is 0.335 e. The fourth-order valence-corrected chi connectivity index (χ4v) is 1.81. The minimum Gasteiger partial charge on any atom is -0.478 e. The fraction of sp³-hybridized carbons (Fsp3) is 0.364. The van der Waals surface area contributed by atoms with Gasteiger partial charge in [-0.15, -0.1) is 0 Å². The molecule has 1 aromatic rings. The molecule has 1 unspecified atom stereocenters. The molecule has 0 saturated carbocycles. The Morgan fingerprint density at radius 2 is 2.33 bits per heavy atom. The highest BCUT2D eigenvalue weighted by atomic mass is 16.6. The first-order chi connectivity index (χ1) is 8.58. The van der Waals surface area contributed by atoms with Gasteiger partial charge < -0.3 is 15.2 Å².